The number of rotatable bonds is 4. The summed E-state index contributed by atoms with van der Waals surface area (Å²) < 4.78 is 14.3. The summed E-state index contributed by atoms with van der Waals surface area (Å²) in [6.45, 7) is 0. The number of aryl methyl sites for hydroxylation is 1. The Morgan fingerprint density at radius 3 is 2.53 bits per heavy atom. The summed E-state index contributed by atoms with van der Waals surface area (Å²) in [7, 11) is 0. The van der Waals surface area contributed by atoms with Crippen LogP contribution in [0.3, 0.4) is 0 Å². The molecule has 0 aliphatic rings. The molecular weight excluding hydrogens is 331 g/mol. The second-order valence-electron chi connectivity index (χ2n) is 4.13. The standard InChI is InChI=1S/C15H11BrClFO/c16-12-8-7-11(15(18)14(12)17)13(19)9-6-10-4-2-1-3-5-10/h1-5,7-8H,6,9H2. The van der Waals surface area contributed by atoms with Gasteiger partial charge in [-0.2, -0.15) is 0 Å². The zero-order valence-electron chi connectivity index (χ0n) is 10.00. The predicted molar refractivity (Wildman–Crippen MR) is 78.2 cm³/mol. The topological polar surface area (TPSA) is 17.1 Å². The molecule has 1 nitrogen and oxygen atoms in total. The fourth-order valence-electron chi connectivity index (χ4n) is 1.78. The van der Waals surface area contributed by atoms with Crippen LogP contribution in [0, 0.1) is 5.82 Å². The lowest BCUT2D eigenvalue weighted by molar-refractivity contribution is 0.0979. The van der Waals surface area contributed by atoms with Gasteiger partial charge in [0, 0.05) is 10.9 Å². The first-order chi connectivity index (χ1) is 9.09. The van der Waals surface area contributed by atoms with E-state index in [9.17, 15) is 9.18 Å². The SMILES string of the molecule is O=C(CCc1ccccc1)c1ccc(Br)c(Cl)c1F. The molecular formula is C15H11BrClFO. The molecule has 0 heterocycles. The van der Waals surface area contributed by atoms with E-state index in [4.69, 9.17) is 11.6 Å². The van der Waals surface area contributed by atoms with Crippen LogP contribution in [0.2, 0.25) is 5.02 Å². The number of carbonyl (C=O) groups excluding carboxylic acids is 1. The Kier molecular flexibility index (Phi) is 4.72. The summed E-state index contributed by atoms with van der Waals surface area (Å²) in [5.41, 5.74) is 1.10. The average Bonchev–Trinajstić information content (AvgIpc) is 2.43. The van der Waals surface area contributed by atoms with Crippen LogP contribution >= 0.6 is 27.5 Å². The van der Waals surface area contributed by atoms with E-state index in [1.54, 1.807) is 6.07 Å². The average molecular weight is 342 g/mol. The third kappa shape index (κ3) is 3.43. The Morgan fingerprint density at radius 2 is 1.84 bits per heavy atom. The molecule has 0 bridgehead atoms. The smallest absolute Gasteiger partial charge is 0.166 e. The van der Waals surface area contributed by atoms with Crippen molar-refractivity contribution in [1.29, 1.82) is 0 Å². The van der Waals surface area contributed by atoms with Crippen LogP contribution in [0.15, 0.2) is 46.9 Å². The van der Waals surface area contributed by atoms with Gasteiger partial charge in [0.05, 0.1) is 10.6 Å². The molecule has 0 saturated heterocycles. The molecule has 0 amide bonds. The Bertz CT molecular complexity index is 599. The molecule has 4 heteroatoms. The summed E-state index contributed by atoms with van der Waals surface area (Å²) in [5.74, 6) is -0.898. The van der Waals surface area contributed by atoms with Crippen molar-refractivity contribution in [1.82, 2.24) is 0 Å². The lowest BCUT2D eigenvalue weighted by atomic mass is 10.0. The number of ketones is 1. The number of benzene rings is 2. The highest BCUT2D eigenvalue weighted by Crippen LogP contribution is 2.28. The van der Waals surface area contributed by atoms with E-state index in [1.807, 2.05) is 30.3 Å². The Hall–Kier alpha value is -1.19. The zero-order valence-corrected chi connectivity index (χ0v) is 12.3. The van der Waals surface area contributed by atoms with Crippen molar-refractivity contribution >= 4 is 33.3 Å². The minimum absolute atomic E-state index is 0.0455. The molecule has 0 unspecified atom stereocenters. The highest BCUT2D eigenvalue weighted by molar-refractivity contribution is 9.10. The summed E-state index contributed by atoms with van der Waals surface area (Å²) >= 11 is 8.89. The van der Waals surface area contributed by atoms with E-state index in [2.05, 4.69) is 15.9 Å². The monoisotopic (exact) mass is 340 g/mol. The van der Waals surface area contributed by atoms with Gasteiger partial charge in [-0.3, -0.25) is 4.79 Å². The number of halogens is 3. The largest absolute Gasteiger partial charge is 0.294 e. The number of hydrogen-bond acceptors (Lipinski definition) is 1. The fraction of sp³-hybridized carbons (Fsp3) is 0.133. The molecule has 19 heavy (non-hydrogen) atoms. The van der Waals surface area contributed by atoms with Gasteiger partial charge in [-0.15, -0.1) is 0 Å². The van der Waals surface area contributed by atoms with Gasteiger partial charge >= 0.3 is 0 Å². The molecule has 2 aromatic rings. The van der Waals surface area contributed by atoms with Gasteiger partial charge in [-0.1, -0.05) is 41.9 Å². The van der Waals surface area contributed by atoms with E-state index >= 15 is 0 Å². The van der Waals surface area contributed by atoms with Crippen LogP contribution < -0.4 is 0 Å². The number of hydrogen-bond donors (Lipinski definition) is 0. The van der Waals surface area contributed by atoms with Crippen molar-refractivity contribution < 1.29 is 9.18 Å². The Morgan fingerprint density at radius 1 is 1.16 bits per heavy atom. The van der Waals surface area contributed by atoms with Crippen LogP contribution in [-0.2, 0) is 6.42 Å². The molecule has 0 fully saturated rings. The molecule has 0 saturated carbocycles. The first kappa shape index (κ1) is 14.2. The van der Waals surface area contributed by atoms with E-state index < -0.39 is 5.82 Å². The summed E-state index contributed by atoms with van der Waals surface area (Å²) in [6.07, 6.45) is 0.853. The van der Waals surface area contributed by atoms with Gasteiger partial charge in [0.25, 0.3) is 0 Å². The maximum atomic E-state index is 13.9. The second kappa shape index (κ2) is 6.31. The summed E-state index contributed by atoms with van der Waals surface area (Å²) in [6, 6.07) is 12.7. The van der Waals surface area contributed by atoms with E-state index in [0.29, 0.717) is 10.9 Å². The highest BCUT2D eigenvalue weighted by atomic mass is 79.9. The lowest BCUT2D eigenvalue weighted by Gasteiger charge is -2.05. The van der Waals surface area contributed by atoms with Crippen molar-refractivity contribution in [3.8, 4) is 0 Å². The first-order valence-electron chi connectivity index (χ1n) is 5.80. The maximum absolute atomic E-state index is 13.9. The predicted octanol–water partition coefficient (Wildman–Crippen LogP) is 5.06. The second-order valence-corrected chi connectivity index (χ2v) is 5.36. The number of Topliss-reactive ketones (excluding diaryl/α,β-unsaturated/α-hetero) is 1. The Balaban J connectivity index is 2.11. The minimum atomic E-state index is -0.658. The maximum Gasteiger partial charge on any atom is 0.166 e. The normalized spacial score (nSPS) is 10.5. The van der Waals surface area contributed by atoms with Crippen molar-refractivity contribution in [2.24, 2.45) is 0 Å². The molecule has 0 radical (unpaired) electrons. The van der Waals surface area contributed by atoms with Gasteiger partial charge in [0.15, 0.2) is 11.6 Å². The van der Waals surface area contributed by atoms with Crippen molar-refractivity contribution in [2.45, 2.75) is 12.8 Å². The summed E-state index contributed by atoms with van der Waals surface area (Å²) in [4.78, 5) is 12.0. The molecule has 0 atom stereocenters. The molecule has 0 aliphatic heterocycles. The van der Waals surface area contributed by atoms with Crippen molar-refractivity contribution in [3.05, 3.63) is 68.9 Å². The highest BCUT2D eigenvalue weighted by Gasteiger charge is 2.16. The molecule has 0 aliphatic carbocycles. The van der Waals surface area contributed by atoms with Crippen LogP contribution in [-0.4, -0.2) is 5.78 Å². The third-order valence-corrected chi connectivity index (χ3v) is 4.08. The van der Waals surface area contributed by atoms with Crippen molar-refractivity contribution in [2.75, 3.05) is 0 Å². The first-order valence-corrected chi connectivity index (χ1v) is 6.97. The van der Waals surface area contributed by atoms with Crippen LogP contribution in [0.5, 0.6) is 0 Å². The molecule has 0 spiro atoms. The molecule has 2 aromatic carbocycles. The molecule has 0 aromatic heterocycles. The van der Waals surface area contributed by atoms with Gasteiger partial charge in [-0.05, 0) is 40.0 Å². The lowest BCUT2D eigenvalue weighted by Crippen LogP contribution is -2.04. The van der Waals surface area contributed by atoms with E-state index in [-0.39, 0.29) is 22.8 Å². The zero-order chi connectivity index (χ0) is 13.8. The van der Waals surface area contributed by atoms with Gasteiger partial charge in [-0.25, -0.2) is 4.39 Å². The number of carbonyl (C=O) groups is 1. The van der Waals surface area contributed by atoms with Gasteiger partial charge < -0.3 is 0 Å². The van der Waals surface area contributed by atoms with E-state index in [0.717, 1.165) is 5.56 Å². The van der Waals surface area contributed by atoms with Crippen molar-refractivity contribution in [3.63, 3.8) is 0 Å². The third-order valence-electron chi connectivity index (χ3n) is 2.82. The Labute approximate surface area is 124 Å². The van der Waals surface area contributed by atoms with Gasteiger partial charge in [0.2, 0.25) is 0 Å². The quantitative estimate of drug-likeness (QED) is 0.561. The van der Waals surface area contributed by atoms with E-state index in [1.165, 1.54) is 6.07 Å². The van der Waals surface area contributed by atoms with Crippen LogP contribution in [0.4, 0.5) is 4.39 Å². The van der Waals surface area contributed by atoms with Gasteiger partial charge in [0.1, 0.15) is 0 Å². The summed E-state index contributed by atoms with van der Waals surface area (Å²) in [5, 5.41) is -0.0504. The minimum Gasteiger partial charge on any atom is -0.294 e. The molecule has 2 rings (SSSR count). The molecule has 0 N–H and O–H groups in total. The molecule has 98 valence electrons. The van der Waals surface area contributed by atoms with Crippen LogP contribution in [0.25, 0.3) is 0 Å². The fourth-order valence-corrected chi connectivity index (χ4v) is 2.25. The van der Waals surface area contributed by atoms with Crippen LogP contribution in [0.1, 0.15) is 22.3 Å².